The monoisotopic (exact) mass is 872 g/mol. The molecule has 0 bridgehead atoms. The number of aliphatic hydroxyl groups is 3. The maximum atomic E-state index is 13.0. The summed E-state index contributed by atoms with van der Waals surface area (Å²) in [6.45, 7) is 8.32. The molecule has 2 aliphatic carbocycles. The van der Waals surface area contributed by atoms with Crippen LogP contribution in [-0.4, -0.2) is 78.5 Å². The van der Waals surface area contributed by atoms with E-state index >= 15 is 0 Å². The number of rotatable bonds is 16. The maximum Gasteiger partial charge on any atom is 0.310 e. The van der Waals surface area contributed by atoms with Crippen molar-refractivity contribution >= 4 is 41.2 Å². The lowest BCUT2D eigenvalue weighted by molar-refractivity contribution is -0.164. The van der Waals surface area contributed by atoms with Gasteiger partial charge in [0.1, 0.15) is 36.6 Å². The standard InChI is InChI=1S/C30H36O8.C19H24O6/c1-29(2,35)25(31)21-11-7-9-19(15-21)17-37-27(33)23-13-5-6-14-24(23)28(34)38-18-20-10-8-12-22(16-20)26(32)30(3,4)36;1-19(2,24)16(20)13-7-5-6-12(10-13)11-25-18(23)15-9-4-3-8-14(15)17(21)22/h7-12,15-16,23-24,35-36H,5-6,13-14,17-18H2,1-4H3;5-7,10,14-15,24H,3-4,8-9,11H2,1-2H3,(H,21,22). The second-order valence-electron chi connectivity index (χ2n) is 17.9. The van der Waals surface area contributed by atoms with Gasteiger partial charge in [-0.3, -0.25) is 33.6 Å². The topological polar surface area (TPSA) is 228 Å². The maximum absolute atomic E-state index is 13.0. The first kappa shape index (κ1) is 50.1. The molecular formula is C49H60O14. The number of hydrogen-bond acceptors (Lipinski definition) is 13. The highest BCUT2D eigenvalue weighted by molar-refractivity contribution is 6.03. The molecule has 340 valence electrons. The second-order valence-corrected chi connectivity index (χ2v) is 17.9. The highest BCUT2D eigenvalue weighted by Crippen LogP contribution is 2.33. The van der Waals surface area contributed by atoms with Crippen molar-refractivity contribution in [2.24, 2.45) is 23.7 Å². The lowest BCUT2D eigenvalue weighted by Gasteiger charge is -2.28. The Morgan fingerprint density at radius 1 is 0.460 bits per heavy atom. The Bertz CT molecular complexity index is 2040. The fourth-order valence-electron chi connectivity index (χ4n) is 7.65. The third-order valence-electron chi connectivity index (χ3n) is 11.1. The average molecular weight is 873 g/mol. The number of aliphatic carboxylic acids is 1. The first-order valence-corrected chi connectivity index (χ1v) is 21.3. The number of carbonyl (C=O) groups excluding carboxylic acids is 6. The van der Waals surface area contributed by atoms with Crippen molar-refractivity contribution in [2.45, 2.75) is 130 Å². The van der Waals surface area contributed by atoms with Crippen molar-refractivity contribution in [3.8, 4) is 0 Å². The van der Waals surface area contributed by atoms with E-state index in [1.165, 1.54) is 41.5 Å². The number of carboxylic acids is 1. The van der Waals surface area contributed by atoms with Crippen molar-refractivity contribution in [3.05, 3.63) is 106 Å². The summed E-state index contributed by atoms with van der Waals surface area (Å²) >= 11 is 0. The van der Waals surface area contributed by atoms with Gasteiger partial charge in [0.15, 0.2) is 17.3 Å². The minimum atomic E-state index is -1.52. The smallest absolute Gasteiger partial charge is 0.310 e. The van der Waals surface area contributed by atoms with Crippen molar-refractivity contribution in [1.82, 2.24) is 0 Å². The number of ether oxygens (including phenoxy) is 3. The molecule has 0 saturated heterocycles. The molecule has 0 aromatic heterocycles. The number of carboxylic acid groups (broad SMARTS) is 1. The highest BCUT2D eigenvalue weighted by atomic mass is 16.5. The number of esters is 3. The van der Waals surface area contributed by atoms with Crippen LogP contribution in [0.1, 0.15) is 141 Å². The van der Waals surface area contributed by atoms with E-state index in [-0.39, 0.29) is 19.8 Å². The average Bonchev–Trinajstić information content (AvgIpc) is 3.25. The largest absolute Gasteiger partial charge is 0.481 e. The number of benzene rings is 3. The summed E-state index contributed by atoms with van der Waals surface area (Å²) in [4.78, 5) is 86.3. The van der Waals surface area contributed by atoms with Crippen LogP contribution in [0.5, 0.6) is 0 Å². The van der Waals surface area contributed by atoms with Crippen molar-refractivity contribution in [2.75, 3.05) is 0 Å². The summed E-state index contributed by atoms with van der Waals surface area (Å²) in [5.41, 5.74) is -1.72. The second kappa shape index (κ2) is 21.7. The Kier molecular flexibility index (Phi) is 17.2. The lowest BCUT2D eigenvalue weighted by Crippen LogP contribution is -2.35. The molecule has 3 aromatic carbocycles. The molecule has 2 aliphatic rings. The highest BCUT2D eigenvalue weighted by Gasteiger charge is 2.39. The summed E-state index contributed by atoms with van der Waals surface area (Å²) in [5.74, 6) is -6.33. The van der Waals surface area contributed by atoms with Gasteiger partial charge in [0, 0.05) is 16.7 Å². The predicted molar refractivity (Wildman–Crippen MR) is 229 cm³/mol. The molecule has 2 saturated carbocycles. The Hall–Kier alpha value is -5.57. The summed E-state index contributed by atoms with van der Waals surface area (Å²) in [6, 6.07) is 19.6. The first-order chi connectivity index (χ1) is 29.5. The molecule has 2 fully saturated rings. The van der Waals surface area contributed by atoms with Crippen LogP contribution in [0.4, 0.5) is 0 Å². The third-order valence-corrected chi connectivity index (χ3v) is 11.1. The Labute approximate surface area is 368 Å². The zero-order chi connectivity index (χ0) is 46.7. The Morgan fingerprint density at radius 3 is 0.968 bits per heavy atom. The summed E-state index contributed by atoms with van der Waals surface area (Å²) < 4.78 is 16.3. The van der Waals surface area contributed by atoms with Crippen LogP contribution in [0.15, 0.2) is 72.8 Å². The normalized spacial score (nSPS) is 19.1. The molecule has 4 N–H and O–H groups in total. The minimum absolute atomic E-state index is 0.0331. The quantitative estimate of drug-likeness (QED) is 0.0663. The van der Waals surface area contributed by atoms with E-state index in [1.807, 2.05) is 0 Å². The van der Waals surface area contributed by atoms with E-state index in [2.05, 4.69) is 0 Å². The first-order valence-electron chi connectivity index (χ1n) is 21.3. The molecule has 5 rings (SSSR count). The molecule has 14 heteroatoms. The van der Waals surface area contributed by atoms with Crippen LogP contribution < -0.4 is 0 Å². The van der Waals surface area contributed by atoms with Crippen molar-refractivity contribution < 1.29 is 68.2 Å². The van der Waals surface area contributed by atoms with Gasteiger partial charge < -0.3 is 34.6 Å². The molecular weight excluding hydrogens is 813 g/mol. The van der Waals surface area contributed by atoms with Gasteiger partial charge in [0.05, 0.1) is 23.7 Å². The summed E-state index contributed by atoms with van der Waals surface area (Å²) in [7, 11) is 0. The van der Waals surface area contributed by atoms with Crippen LogP contribution in [0.2, 0.25) is 0 Å². The number of hydrogen-bond donors (Lipinski definition) is 4. The molecule has 0 heterocycles. The fraction of sp³-hybridized carbons (Fsp3) is 0.490. The van der Waals surface area contributed by atoms with Crippen LogP contribution in [-0.2, 0) is 53.2 Å². The number of Topliss-reactive ketones (excluding diaryl/α,β-unsaturated/α-hetero) is 3. The molecule has 4 atom stereocenters. The molecule has 3 aromatic rings. The van der Waals surface area contributed by atoms with E-state index in [1.54, 1.807) is 72.8 Å². The van der Waals surface area contributed by atoms with Gasteiger partial charge in [-0.25, -0.2) is 0 Å². The molecule has 14 nitrogen and oxygen atoms in total. The van der Waals surface area contributed by atoms with Gasteiger partial charge in [-0.05, 0) is 102 Å². The van der Waals surface area contributed by atoms with Gasteiger partial charge in [-0.1, -0.05) is 80.3 Å². The molecule has 0 amide bonds. The zero-order valence-corrected chi connectivity index (χ0v) is 36.9. The molecule has 63 heavy (non-hydrogen) atoms. The van der Waals surface area contributed by atoms with Gasteiger partial charge in [-0.15, -0.1) is 0 Å². The Morgan fingerprint density at radius 2 is 0.714 bits per heavy atom. The van der Waals surface area contributed by atoms with E-state index in [0.717, 1.165) is 25.7 Å². The molecule has 0 radical (unpaired) electrons. The van der Waals surface area contributed by atoms with Gasteiger partial charge in [-0.2, -0.15) is 0 Å². The molecule has 0 spiro atoms. The van der Waals surface area contributed by atoms with E-state index in [9.17, 15) is 54.0 Å². The molecule has 0 aliphatic heterocycles. The van der Waals surface area contributed by atoms with Crippen LogP contribution in [0.25, 0.3) is 0 Å². The van der Waals surface area contributed by atoms with E-state index in [4.69, 9.17) is 14.2 Å². The van der Waals surface area contributed by atoms with Crippen LogP contribution >= 0.6 is 0 Å². The van der Waals surface area contributed by atoms with Gasteiger partial charge >= 0.3 is 23.9 Å². The SMILES string of the molecule is CC(C)(O)C(=O)c1cccc(COC(=O)C2CCCCC2C(=O)O)c1.CC(C)(O)C(=O)c1cccc(COC(=O)C2CCCCC2C(=O)OCc2cccc(C(=O)C(C)(C)O)c2)c1. The third kappa shape index (κ3) is 14.5. The predicted octanol–water partition coefficient (Wildman–Crippen LogP) is 6.76. The number of carbonyl (C=O) groups is 7. The van der Waals surface area contributed by atoms with Gasteiger partial charge in [0.2, 0.25) is 0 Å². The van der Waals surface area contributed by atoms with Crippen LogP contribution in [0.3, 0.4) is 0 Å². The van der Waals surface area contributed by atoms with Crippen LogP contribution in [0, 0.1) is 23.7 Å². The number of ketones is 3. The summed E-state index contributed by atoms with van der Waals surface area (Å²) in [5, 5.41) is 39.0. The van der Waals surface area contributed by atoms with E-state index < -0.39 is 81.7 Å². The van der Waals surface area contributed by atoms with E-state index in [0.29, 0.717) is 59.1 Å². The summed E-state index contributed by atoms with van der Waals surface area (Å²) in [6.07, 6.45) is 5.23. The Balaban J connectivity index is 0.000000302. The molecule has 4 unspecified atom stereocenters. The fourth-order valence-corrected chi connectivity index (χ4v) is 7.65. The minimum Gasteiger partial charge on any atom is -0.481 e. The van der Waals surface area contributed by atoms with Crippen molar-refractivity contribution in [3.63, 3.8) is 0 Å². The van der Waals surface area contributed by atoms with Crippen molar-refractivity contribution in [1.29, 1.82) is 0 Å². The lowest BCUT2D eigenvalue weighted by atomic mass is 9.79. The zero-order valence-electron chi connectivity index (χ0n) is 36.9. The van der Waals surface area contributed by atoms with Gasteiger partial charge in [0.25, 0.3) is 0 Å².